The van der Waals surface area contributed by atoms with E-state index in [1.165, 1.54) is 12.3 Å². The number of nitro benzene ring substituents is 1. The quantitative estimate of drug-likeness (QED) is 0.584. The Morgan fingerprint density at radius 3 is 2.93 bits per heavy atom. The van der Waals surface area contributed by atoms with E-state index in [0.29, 0.717) is 5.39 Å². The molecule has 1 aromatic carbocycles. The van der Waals surface area contributed by atoms with Gasteiger partial charge in [-0.3, -0.25) is 10.1 Å². The summed E-state index contributed by atoms with van der Waals surface area (Å²) in [6, 6.07) is 2.30. The SMILES string of the molecule is O=[N+]([O-])c1cc(F)c(Br)c2ccoc12. The lowest BCUT2D eigenvalue weighted by molar-refractivity contribution is -0.383. The number of rotatable bonds is 1. The molecular weight excluding hydrogens is 257 g/mol. The summed E-state index contributed by atoms with van der Waals surface area (Å²) >= 11 is 2.99. The third kappa shape index (κ3) is 1.19. The van der Waals surface area contributed by atoms with Crippen molar-refractivity contribution in [3.05, 3.63) is 38.8 Å². The second-order valence-corrected chi connectivity index (χ2v) is 3.41. The van der Waals surface area contributed by atoms with E-state index in [4.69, 9.17) is 4.42 Å². The first-order chi connectivity index (χ1) is 6.61. The van der Waals surface area contributed by atoms with Gasteiger partial charge in [0.25, 0.3) is 0 Å². The molecule has 0 fully saturated rings. The molecule has 2 rings (SSSR count). The maximum absolute atomic E-state index is 13.2. The molecule has 0 spiro atoms. The van der Waals surface area contributed by atoms with Gasteiger partial charge in [-0.25, -0.2) is 4.39 Å². The number of non-ortho nitro benzene ring substituents is 1. The first-order valence-corrected chi connectivity index (χ1v) is 4.40. The second kappa shape index (κ2) is 3.06. The number of benzene rings is 1. The van der Waals surface area contributed by atoms with Crippen molar-refractivity contribution >= 4 is 32.6 Å². The summed E-state index contributed by atoms with van der Waals surface area (Å²) < 4.78 is 18.2. The molecule has 2 aromatic rings. The average molecular weight is 260 g/mol. The molecule has 0 aliphatic rings. The van der Waals surface area contributed by atoms with Crippen LogP contribution in [-0.4, -0.2) is 4.92 Å². The molecule has 0 saturated heterocycles. The third-order valence-electron chi connectivity index (χ3n) is 1.80. The van der Waals surface area contributed by atoms with Crippen LogP contribution in [0.4, 0.5) is 10.1 Å². The van der Waals surface area contributed by atoms with Crippen LogP contribution in [0.1, 0.15) is 0 Å². The van der Waals surface area contributed by atoms with Crippen molar-refractivity contribution in [1.29, 1.82) is 0 Å². The molecule has 0 saturated carbocycles. The summed E-state index contributed by atoms with van der Waals surface area (Å²) in [7, 11) is 0. The Kier molecular flexibility index (Phi) is 1.99. The van der Waals surface area contributed by atoms with E-state index in [2.05, 4.69) is 15.9 Å². The number of hydrogen-bond acceptors (Lipinski definition) is 3. The van der Waals surface area contributed by atoms with Crippen LogP contribution >= 0.6 is 15.9 Å². The lowest BCUT2D eigenvalue weighted by Gasteiger charge is -1.96. The van der Waals surface area contributed by atoms with Crippen LogP contribution in [0.2, 0.25) is 0 Å². The molecule has 1 heterocycles. The minimum Gasteiger partial charge on any atom is -0.457 e. The third-order valence-corrected chi connectivity index (χ3v) is 2.61. The van der Waals surface area contributed by atoms with Crippen LogP contribution in [-0.2, 0) is 0 Å². The summed E-state index contributed by atoms with van der Waals surface area (Å²) in [4.78, 5) is 9.86. The lowest BCUT2D eigenvalue weighted by Crippen LogP contribution is -1.90. The Morgan fingerprint density at radius 1 is 1.57 bits per heavy atom. The van der Waals surface area contributed by atoms with Gasteiger partial charge in [-0.15, -0.1) is 0 Å². The fourth-order valence-electron chi connectivity index (χ4n) is 1.19. The molecule has 0 bridgehead atoms. The molecule has 14 heavy (non-hydrogen) atoms. The molecule has 0 N–H and O–H groups in total. The Bertz CT molecular complexity index is 523. The van der Waals surface area contributed by atoms with Crippen molar-refractivity contribution in [2.24, 2.45) is 0 Å². The smallest absolute Gasteiger partial charge is 0.315 e. The summed E-state index contributed by atoms with van der Waals surface area (Å²) in [6.45, 7) is 0. The normalized spacial score (nSPS) is 10.7. The summed E-state index contributed by atoms with van der Waals surface area (Å²) in [5.74, 6) is -0.675. The van der Waals surface area contributed by atoms with Crippen LogP contribution in [0, 0.1) is 15.9 Å². The number of fused-ring (bicyclic) bond motifs is 1. The fourth-order valence-corrected chi connectivity index (χ4v) is 1.62. The Balaban J connectivity index is 2.91. The predicted octanol–water partition coefficient (Wildman–Crippen LogP) is 3.24. The van der Waals surface area contributed by atoms with Gasteiger partial charge in [0.2, 0.25) is 5.58 Å². The van der Waals surface area contributed by atoms with Gasteiger partial charge in [-0.2, -0.15) is 0 Å². The first kappa shape index (κ1) is 9.14. The largest absolute Gasteiger partial charge is 0.457 e. The zero-order valence-corrected chi connectivity index (χ0v) is 8.25. The number of nitrogens with zero attached hydrogens (tertiary/aromatic N) is 1. The Morgan fingerprint density at radius 2 is 2.29 bits per heavy atom. The fraction of sp³-hybridized carbons (Fsp3) is 0. The van der Waals surface area contributed by atoms with Crippen molar-refractivity contribution in [2.45, 2.75) is 0 Å². The van der Waals surface area contributed by atoms with Gasteiger partial charge in [0, 0.05) is 5.39 Å². The van der Waals surface area contributed by atoms with Crippen molar-refractivity contribution < 1.29 is 13.7 Å². The van der Waals surface area contributed by atoms with Crippen LogP contribution in [0.15, 0.2) is 27.3 Å². The maximum Gasteiger partial charge on any atom is 0.315 e. The van der Waals surface area contributed by atoms with Crippen LogP contribution in [0.3, 0.4) is 0 Å². The van der Waals surface area contributed by atoms with Gasteiger partial charge in [0.15, 0.2) is 0 Å². The van der Waals surface area contributed by atoms with Crippen LogP contribution in [0.25, 0.3) is 11.0 Å². The number of nitro groups is 1. The van der Waals surface area contributed by atoms with Crippen molar-refractivity contribution in [3.63, 3.8) is 0 Å². The molecule has 0 aliphatic carbocycles. The molecule has 0 unspecified atom stereocenters. The van der Waals surface area contributed by atoms with E-state index in [0.717, 1.165) is 6.07 Å². The molecule has 6 heteroatoms. The average Bonchev–Trinajstić information content (AvgIpc) is 2.59. The molecule has 0 atom stereocenters. The van der Waals surface area contributed by atoms with E-state index in [9.17, 15) is 14.5 Å². The van der Waals surface area contributed by atoms with E-state index in [1.54, 1.807) is 0 Å². The van der Waals surface area contributed by atoms with Crippen molar-refractivity contribution in [1.82, 2.24) is 0 Å². The van der Waals surface area contributed by atoms with E-state index < -0.39 is 10.7 Å². The van der Waals surface area contributed by atoms with Crippen LogP contribution in [0.5, 0.6) is 0 Å². The van der Waals surface area contributed by atoms with Gasteiger partial charge < -0.3 is 4.42 Å². The van der Waals surface area contributed by atoms with Gasteiger partial charge in [0.1, 0.15) is 5.82 Å². The first-order valence-electron chi connectivity index (χ1n) is 3.61. The van der Waals surface area contributed by atoms with Crippen molar-refractivity contribution in [3.8, 4) is 0 Å². The molecule has 0 radical (unpaired) electrons. The van der Waals surface area contributed by atoms with Gasteiger partial charge in [-0.05, 0) is 22.0 Å². The van der Waals surface area contributed by atoms with Crippen molar-refractivity contribution in [2.75, 3.05) is 0 Å². The highest BCUT2D eigenvalue weighted by Gasteiger charge is 2.20. The highest BCUT2D eigenvalue weighted by Crippen LogP contribution is 2.34. The highest BCUT2D eigenvalue weighted by molar-refractivity contribution is 9.10. The standard InChI is InChI=1S/C8H3BrFNO3/c9-7-4-1-2-14-8(4)6(11(12)13)3-5(7)10/h1-3H. The molecule has 72 valence electrons. The monoisotopic (exact) mass is 259 g/mol. The van der Waals surface area contributed by atoms with Gasteiger partial charge in [-0.1, -0.05) is 0 Å². The van der Waals surface area contributed by atoms with E-state index >= 15 is 0 Å². The minimum absolute atomic E-state index is 0.0725. The second-order valence-electron chi connectivity index (χ2n) is 2.61. The molecule has 0 aliphatic heterocycles. The topological polar surface area (TPSA) is 56.3 Å². The molecule has 1 aromatic heterocycles. The number of furan rings is 1. The summed E-state index contributed by atoms with van der Waals surface area (Å²) in [5.41, 5.74) is -0.297. The summed E-state index contributed by atoms with van der Waals surface area (Å²) in [6.07, 6.45) is 1.28. The molecule has 0 amide bonds. The molecule has 4 nitrogen and oxygen atoms in total. The Labute approximate surface area is 85.6 Å². The Hall–Kier alpha value is -1.43. The minimum atomic E-state index is -0.679. The van der Waals surface area contributed by atoms with Crippen LogP contribution < -0.4 is 0 Å². The lowest BCUT2D eigenvalue weighted by atomic mass is 10.2. The summed E-state index contributed by atoms with van der Waals surface area (Å²) in [5, 5.41) is 10.9. The predicted molar refractivity (Wildman–Crippen MR) is 50.5 cm³/mol. The maximum atomic E-state index is 13.2. The zero-order chi connectivity index (χ0) is 10.3. The van der Waals surface area contributed by atoms with E-state index in [1.807, 2.05) is 0 Å². The van der Waals surface area contributed by atoms with Gasteiger partial charge >= 0.3 is 5.69 Å². The zero-order valence-electron chi connectivity index (χ0n) is 6.66. The number of halogens is 2. The highest BCUT2D eigenvalue weighted by atomic mass is 79.9. The van der Waals surface area contributed by atoms with Gasteiger partial charge in [0.05, 0.1) is 21.7 Å². The number of hydrogen-bond donors (Lipinski definition) is 0. The van der Waals surface area contributed by atoms with E-state index in [-0.39, 0.29) is 15.7 Å². The molecular formula is C8H3BrFNO3.